The predicted octanol–water partition coefficient (Wildman–Crippen LogP) is 3.57. The smallest absolute Gasteiger partial charge is 0.146 e. The fourth-order valence-corrected chi connectivity index (χ4v) is 2.93. The lowest BCUT2D eigenvalue weighted by atomic mass is 10.1. The molecule has 0 spiro atoms. The number of halogens is 2. The van der Waals surface area contributed by atoms with Crippen molar-refractivity contribution in [1.29, 1.82) is 0 Å². The molecule has 1 fully saturated rings. The molecule has 6 heteroatoms. The summed E-state index contributed by atoms with van der Waals surface area (Å²) in [5, 5.41) is 10.4. The van der Waals surface area contributed by atoms with Crippen molar-refractivity contribution in [3.63, 3.8) is 0 Å². The maximum atomic E-state index is 13.9. The van der Waals surface area contributed by atoms with Crippen LogP contribution in [0.5, 0.6) is 0 Å². The number of rotatable bonds is 5. The Bertz CT molecular complexity index is 666. The number of pyridine rings is 1. The highest BCUT2D eigenvalue weighted by Crippen LogP contribution is 2.24. The zero-order valence-electron chi connectivity index (χ0n) is 13.0. The minimum Gasteiger partial charge on any atom is -0.381 e. The average molecular weight is 335 g/mol. The van der Waals surface area contributed by atoms with Gasteiger partial charge in [-0.15, -0.1) is 0 Å². The second-order valence-electron chi connectivity index (χ2n) is 5.78. The van der Waals surface area contributed by atoms with E-state index in [1.165, 1.54) is 6.07 Å². The molecule has 2 aromatic rings. The molecular formula is C17H20ClFN4. The Kier molecular flexibility index (Phi) is 4.98. The number of nitrogens with one attached hydrogen (secondary N) is 3. The number of nitrogens with zero attached hydrogens (tertiary/aromatic N) is 1. The first-order valence-corrected chi connectivity index (χ1v) is 8.12. The van der Waals surface area contributed by atoms with Gasteiger partial charge in [-0.05, 0) is 37.6 Å². The molecule has 23 heavy (non-hydrogen) atoms. The summed E-state index contributed by atoms with van der Waals surface area (Å²) in [7, 11) is 0. The zero-order chi connectivity index (χ0) is 16.2. The summed E-state index contributed by atoms with van der Waals surface area (Å²) in [6.45, 7) is 4.31. The van der Waals surface area contributed by atoms with Crippen LogP contribution < -0.4 is 16.0 Å². The highest BCUT2D eigenvalue weighted by molar-refractivity contribution is 6.29. The minimum atomic E-state index is -0.249. The number of aryl methyl sites for hydroxylation is 1. The lowest BCUT2D eigenvalue weighted by Crippen LogP contribution is -2.23. The van der Waals surface area contributed by atoms with Crippen molar-refractivity contribution in [2.75, 3.05) is 23.7 Å². The molecule has 1 aromatic heterocycles. The third kappa shape index (κ3) is 3.92. The largest absolute Gasteiger partial charge is 0.381 e. The van der Waals surface area contributed by atoms with Gasteiger partial charge in [-0.2, -0.15) is 0 Å². The number of aromatic nitrogens is 1. The molecular weight excluding hydrogens is 315 g/mol. The molecule has 0 bridgehead atoms. The van der Waals surface area contributed by atoms with E-state index < -0.39 is 0 Å². The first-order valence-electron chi connectivity index (χ1n) is 7.74. The van der Waals surface area contributed by atoms with Crippen LogP contribution in [-0.2, 0) is 6.54 Å². The topological polar surface area (TPSA) is 49.0 Å². The first-order chi connectivity index (χ1) is 11.1. The van der Waals surface area contributed by atoms with Crippen molar-refractivity contribution < 1.29 is 4.39 Å². The molecule has 3 rings (SSSR count). The molecule has 1 atom stereocenters. The van der Waals surface area contributed by atoms with Crippen LogP contribution in [0, 0.1) is 12.7 Å². The van der Waals surface area contributed by atoms with Crippen LogP contribution in [0.4, 0.5) is 15.8 Å². The highest BCUT2D eigenvalue weighted by atomic mass is 35.5. The van der Waals surface area contributed by atoms with Crippen molar-refractivity contribution in [3.05, 3.63) is 52.6 Å². The van der Waals surface area contributed by atoms with E-state index >= 15 is 0 Å². The van der Waals surface area contributed by atoms with Gasteiger partial charge in [0.25, 0.3) is 0 Å². The molecule has 1 aromatic carbocycles. The van der Waals surface area contributed by atoms with Gasteiger partial charge in [-0.1, -0.05) is 23.7 Å². The summed E-state index contributed by atoms with van der Waals surface area (Å²) >= 11 is 6.02. The number of hydrogen-bond acceptors (Lipinski definition) is 4. The third-order valence-corrected chi connectivity index (χ3v) is 4.26. The van der Waals surface area contributed by atoms with Crippen LogP contribution in [0.3, 0.4) is 0 Å². The lowest BCUT2D eigenvalue weighted by molar-refractivity contribution is 0.629. The van der Waals surface area contributed by atoms with Gasteiger partial charge in [0.1, 0.15) is 11.0 Å². The fourth-order valence-electron chi connectivity index (χ4n) is 2.77. The third-order valence-electron chi connectivity index (χ3n) is 4.05. The van der Waals surface area contributed by atoms with Gasteiger partial charge in [0.2, 0.25) is 0 Å². The average Bonchev–Trinajstić information content (AvgIpc) is 3.01. The van der Waals surface area contributed by atoms with Crippen molar-refractivity contribution in [3.8, 4) is 0 Å². The summed E-state index contributed by atoms with van der Waals surface area (Å²) in [6.07, 6.45) is 2.80. The van der Waals surface area contributed by atoms with Gasteiger partial charge >= 0.3 is 0 Å². The highest BCUT2D eigenvalue weighted by Gasteiger charge is 2.16. The van der Waals surface area contributed by atoms with Crippen LogP contribution in [0.2, 0.25) is 5.15 Å². The maximum Gasteiger partial charge on any atom is 0.146 e. The van der Waals surface area contributed by atoms with Crippen LogP contribution in [0.15, 0.2) is 30.5 Å². The number of anilines is 2. The molecule has 0 amide bonds. The molecule has 122 valence electrons. The number of hydrogen-bond donors (Lipinski definition) is 3. The van der Waals surface area contributed by atoms with E-state index in [-0.39, 0.29) is 5.82 Å². The normalized spacial score (nSPS) is 17.3. The fraction of sp³-hybridized carbons (Fsp3) is 0.353. The van der Waals surface area contributed by atoms with Crippen molar-refractivity contribution in [2.45, 2.75) is 25.9 Å². The van der Waals surface area contributed by atoms with Gasteiger partial charge < -0.3 is 16.0 Å². The molecule has 1 aliphatic heterocycles. The molecule has 1 aliphatic rings. The summed E-state index contributed by atoms with van der Waals surface area (Å²) < 4.78 is 13.9. The van der Waals surface area contributed by atoms with Crippen LogP contribution >= 0.6 is 11.6 Å². The second-order valence-corrected chi connectivity index (χ2v) is 6.17. The Morgan fingerprint density at radius 2 is 2.30 bits per heavy atom. The van der Waals surface area contributed by atoms with Gasteiger partial charge in [0.05, 0.1) is 5.69 Å². The van der Waals surface area contributed by atoms with E-state index in [9.17, 15) is 4.39 Å². The second kappa shape index (κ2) is 7.15. The molecule has 0 radical (unpaired) electrons. The molecule has 0 saturated carbocycles. The van der Waals surface area contributed by atoms with Crippen molar-refractivity contribution in [2.24, 2.45) is 0 Å². The summed E-state index contributed by atoms with van der Waals surface area (Å²) in [4.78, 5) is 4.15. The van der Waals surface area contributed by atoms with Crippen LogP contribution in [0.1, 0.15) is 17.5 Å². The van der Waals surface area contributed by atoms with E-state index in [0.717, 1.165) is 36.3 Å². The maximum absolute atomic E-state index is 13.9. The summed E-state index contributed by atoms with van der Waals surface area (Å²) in [6, 6.07) is 7.25. The van der Waals surface area contributed by atoms with E-state index in [2.05, 4.69) is 20.9 Å². The Morgan fingerprint density at radius 1 is 1.43 bits per heavy atom. The predicted molar refractivity (Wildman–Crippen MR) is 92.6 cm³/mol. The Hall–Kier alpha value is -1.85. The van der Waals surface area contributed by atoms with Gasteiger partial charge in [-0.25, -0.2) is 9.37 Å². The quantitative estimate of drug-likeness (QED) is 0.732. The monoisotopic (exact) mass is 334 g/mol. The minimum absolute atomic E-state index is 0.249. The van der Waals surface area contributed by atoms with E-state index in [4.69, 9.17) is 11.6 Å². The van der Waals surface area contributed by atoms with Crippen LogP contribution in [-0.4, -0.2) is 24.1 Å². The molecule has 2 heterocycles. The number of benzene rings is 1. The SMILES string of the molecule is Cc1cccc(F)c1NCc1cnc(Cl)cc1NC1CCNC1. The van der Waals surface area contributed by atoms with E-state index in [1.54, 1.807) is 12.3 Å². The molecule has 1 unspecified atom stereocenters. The van der Waals surface area contributed by atoms with Gasteiger partial charge in [-0.3, -0.25) is 0 Å². The van der Waals surface area contributed by atoms with Crippen molar-refractivity contribution >= 4 is 23.0 Å². The molecule has 0 aliphatic carbocycles. The Balaban J connectivity index is 1.76. The number of para-hydroxylation sites is 1. The van der Waals surface area contributed by atoms with Gasteiger partial charge in [0.15, 0.2) is 0 Å². The molecule has 3 N–H and O–H groups in total. The van der Waals surface area contributed by atoms with E-state index in [0.29, 0.717) is 23.4 Å². The zero-order valence-corrected chi connectivity index (χ0v) is 13.8. The first kappa shape index (κ1) is 16.0. The van der Waals surface area contributed by atoms with E-state index in [1.807, 2.05) is 19.1 Å². The van der Waals surface area contributed by atoms with Gasteiger partial charge in [0, 0.05) is 36.6 Å². The summed E-state index contributed by atoms with van der Waals surface area (Å²) in [5.41, 5.74) is 3.31. The lowest BCUT2D eigenvalue weighted by Gasteiger charge is -2.18. The molecule has 4 nitrogen and oxygen atoms in total. The summed E-state index contributed by atoms with van der Waals surface area (Å²) in [5.74, 6) is -0.249. The Morgan fingerprint density at radius 3 is 3.04 bits per heavy atom. The van der Waals surface area contributed by atoms with Crippen molar-refractivity contribution in [1.82, 2.24) is 10.3 Å². The standard InChI is InChI=1S/C17H20ClFN4/c1-11-3-2-4-14(19)17(11)22-9-12-8-21-16(18)7-15(12)23-13-5-6-20-10-13/h2-4,7-8,13,20,22H,5-6,9-10H2,1H3,(H,21,23). The Labute approximate surface area is 140 Å². The van der Waals surface area contributed by atoms with Crippen LogP contribution in [0.25, 0.3) is 0 Å². The molecule has 1 saturated heterocycles.